The van der Waals surface area contributed by atoms with E-state index in [-0.39, 0.29) is 6.15 Å². The van der Waals surface area contributed by atoms with Crippen LogP contribution < -0.4 is 4.90 Å². The van der Waals surface area contributed by atoms with Gasteiger partial charge in [-0.2, -0.15) is 14.6 Å². The van der Waals surface area contributed by atoms with Crippen molar-refractivity contribution in [2.45, 2.75) is 26.2 Å². The van der Waals surface area contributed by atoms with Gasteiger partial charge in [0.1, 0.15) is 6.26 Å². The van der Waals surface area contributed by atoms with Crippen LogP contribution in [-0.2, 0) is 20.7 Å². The number of aromatic nitrogens is 1. The van der Waals surface area contributed by atoms with E-state index in [2.05, 4.69) is 16.8 Å². The van der Waals surface area contributed by atoms with Gasteiger partial charge in [-0.15, -0.1) is 0 Å². The summed E-state index contributed by atoms with van der Waals surface area (Å²) in [7, 11) is 2.04. The number of hydrogen-bond donors (Lipinski definition) is 0. The normalized spacial score (nSPS) is 15.3. The molecule has 6 nitrogen and oxygen atoms in total. The molecule has 0 saturated carbocycles. The first-order chi connectivity index (χ1) is 9.21. The topological polar surface area (TPSA) is 72.6 Å². The molecule has 0 atom stereocenters. The lowest BCUT2D eigenvalue weighted by atomic mass is 10.0. The maximum Gasteiger partial charge on any atom is 0.373 e. The highest BCUT2D eigenvalue weighted by atomic mass is 16.5. The molecule has 1 fully saturated rings. The van der Waals surface area contributed by atoms with Crippen molar-refractivity contribution in [1.82, 2.24) is 4.98 Å². The van der Waals surface area contributed by atoms with Crippen LogP contribution in [0, 0.1) is 5.92 Å². The molecule has 1 saturated heterocycles. The van der Waals surface area contributed by atoms with Crippen molar-refractivity contribution in [1.29, 1.82) is 0 Å². The van der Waals surface area contributed by atoms with Crippen molar-refractivity contribution in [2.24, 2.45) is 5.92 Å². The summed E-state index contributed by atoms with van der Waals surface area (Å²) in [5.41, 5.74) is 1.02. The molecule has 1 aromatic heterocycles. The van der Waals surface area contributed by atoms with E-state index in [4.69, 9.17) is 18.7 Å². The van der Waals surface area contributed by atoms with Gasteiger partial charge in [-0.3, -0.25) is 0 Å². The zero-order chi connectivity index (χ0) is 14.1. The Labute approximate surface area is 112 Å². The second-order valence-corrected chi connectivity index (χ2v) is 4.49. The van der Waals surface area contributed by atoms with Crippen LogP contribution in [0.5, 0.6) is 0 Å². The lowest BCUT2D eigenvalue weighted by molar-refractivity contribution is -0.191. The van der Waals surface area contributed by atoms with Crippen molar-refractivity contribution in [3.8, 4) is 0 Å². The van der Waals surface area contributed by atoms with Gasteiger partial charge >= 0.3 is 6.15 Å². The predicted molar refractivity (Wildman–Crippen MR) is 67.7 cm³/mol. The molecular weight excluding hydrogens is 248 g/mol. The molecule has 1 aliphatic rings. The molecule has 2 rings (SSSR count). The Hall–Kier alpha value is -1.65. The van der Waals surface area contributed by atoms with E-state index in [0.29, 0.717) is 5.92 Å². The van der Waals surface area contributed by atoms with E-state index in [0.717, 1.165) is 50.7 Å². The van der Waals surface area contributed by atoms with Gasteiger partial charge in [0.05, 0.1) is 5.69 Å². The van der Waals surface area contributed by atoms with Gasteiger partial charge in [0, 0.05) is 26.8 Å². The van der Waals surface area contributed by atoms with E-state index in [1.165, 1.54) is 0 Å². The molecule has 0 N–H and O–H groups in total. The molecule has 0 spiro atoms. The Kier molecular flexibility index (Phi) is 6.85. The van der Waals surface area contributed by atoms with Crippen LogP contribution in [0.15, 0.2) is 10.7 Å². The van der Waals surface area contributed by atoms with Gasteiger partial charge in [-0.1, -0.05) is 6.92 Å². The Bertz CT molecular complexity index is 393. The third-order valence-electron chi connectivity index (χ3n) is 3.10. The lowest BCUT2D eigenvalue weighted by Crippen LogP contribution is -2.29. The smallest absolute Gasteiger partial charge is 0.373 e. The summed E-state index contributed by atoms with van der Waals surface area (Å²) in [6, 6.07) is 0.739. The largest absolute Gasteiger partial charge is 0.432 e. The Morgan fingerprint density at radius 3 is 2.58 bits per heavy atom. The molecule has 106 valence electrons. The number of carbonyl (C=O) groups excluding carboxylic acids is 2. The fourth-order valence-corrected chi connectivity index (χ4v) is 2.03. The summed E-state index contributed by atoms with van der Waals surface area (Å²) in [6.45, 7) is 4.88. The van der Waals surface area contributed by atoms with Crippen LogP contribution in [0.2, 0.25) is 0 Å². The van der Waals surface area contributed by atoms with Gasteiger partial charge in [0.15, 0.2) is 0 Å². The molecule has 0 radical (unpaired) electrons. The average molecular weight is 268 g/mol. The predicted octanol–water partition coefficient (Wildman–Crippen LogP) is 1.52. The summed E-state index contributed by atoms with van der Waals surface area (Å²) in [5, 5.41) is 0. The number of rotatable bonds is 4. The first kappa shape index (κ1) is 15.4. The minimum absolute atomic E-state index is 0.250. The van der Waals surface area contributed by atoms with Gasteiger partial charge < -0.3 is 14.1 Å². The second kappa shape index (κ2) is 8.45. The molecule has 0 unspecified atom stereocenters. The Morgan fingerprint density at radius 2 is 2.05 bits per heavy atom. The van der Waals surface area contributed by atoms with Crippen LogP contribution in [-0.4, -0.2) is 37.9 Å². The minimum Gasteiger partial charge on any atom is -0.432 e. The summed E-state index contributed by atoms with van der Waals surface area (Å²) >= 11 is 0. The summed E-state index contributed by atoms with van der Waals surface area (Å²) in [4.78, 5) is 22.8. The highest BCUT2D eigenvalue weighted by molar-refractivity contribution is 5.25. The molecular formula is C13H20N2O4. The van der Waals surface area contributed by atoms with E-state index < -0.39 is 0 Å². The van der Waals surface area contributed by atoms with E-state index in [9.17, 15) is 0 Å². The molecule has 0 bridgehead atoms. The average Bonchev–Trinajstić information content (AvgIpc) is 2.90. The maximum atomic E-state index is 8.12. The van der Waals surface area contributed by atoms with Crippen LogP contribution in [0.3, 0.4) is 0 Å². The molecule has 1 aromatic rings. The van der Waals surface area contributed by atoms with Crippen LogP contribution in [0.25, 0.3) is 0 Å². The van der Waals surface area contributed by atoms with Crippen LogP contribution >= 0.6 is 0 Å². The molecule has 19 heavy (non-hydrogen) atoms. The van der Waals surface area contributed by atoms with Gasteiger partial charge in [-0.25, -0.2) is 0 Å². The number of hydrogen-bond acceptors (Lipinski definition) is 6. The zero-order valence-corrected chi connectivity index (χ0v) is 11.4. The molecule has 1 aliphatic heterocycles. The molecule has 6 heteroatoms. The van der Waals surface area contributed by atoms with E-state index in [1.54, 1.807) is 6.26 Å². The lowest BCUT2D eigenvalue weighted by Gasteiger charge is -2.26. The Morgan fingerprint density at radius 1 is 1.42 bits per heavy atom. The zero-order valence-electron chi connectivity index (χ0n) is 11.4. The van der Waals surface area contributed by atoms with Crippen LogP contribution in [0.1, 0.15) is 25.5 Å². The molecule has 2 heterocycles. The molecule has 0 aliphatic carbocycles. The first-order valence-corrected chi connectivity index (χ1v) is 6.43. The third kappa shape index (κ3) is 5.24. The van der Waals surface area contributed by atoms with Crippen molar-refractivity contribution in [2.75, 3.05) is 31.7 Å². The monoisotopic (exact) mass is 268 g/mol. The highest BCUT2D eigenvalue weighted by Gasteiger charge is 2.18. The Balaban J connectivity index is 0.000000550. The van der Waals surface area contributed by atoms with Crippen molar-refractivity contribution < 1.29 is 18.7 Å². The number of oxazole rings is 1. The van der Waals surface area contributed by atoms with Crippen molar-refractivity contribution in [3.05, 3.63) is 12.0 Å². The SMILES string of the molecule is CCc1coc(N(C)CC2CCOCC2)n1.O=C=O. The number of ether oxygens (including phenoxy) is 1. The van der Waals surface area contributed by atoms with Gasteiger partial charge in [0.25, 0.3) is 6.01 Å². The van der Waals surface area contributed by atoms with Gasteiger partial charge in [0.2, 0.25) is 0 Å². The van der Waals surface area contributed by atoms with Gasteiger partial charge in [-0.05, 0) is 25.2 Å². The maximum absolute atomic E-state index is 8.12. The summed E-state index contributed by atoms with van der Waals surface area (Å²) in [5.74, 6) is 0.704. The van der Waals surface area contributed by atoms with Crippen molar-refractivity contribution >= 4 is 12.2 Å². The number of aryl methyl sites for hydroxylation is 1. The number of nitrogens with zero attached hydrogens (tertiary/aromatic N) is 2. The standard InChI is InChI=1S/C12H20N2O2.CO2/c1-3-11-9-16-12(13-11)14(2)8-10-4-6-15-7-5-10;2-1-3/h9-10H,3-8H2,1-2H3;. The fraction of sp³-hybridized carbons (Fsp3) is 0.692. The van der Waals surface area contributed by atoms with Crippen LogP contribution in [0.4, 0.5) is 6.01 Å². The summed E-state index contributed by atoms with van der Waals surface area (Å²) in [6.07, 6.45) is 5.21. The fourth-order valence-electron chi connectivity index (χ4n) is 2.03. The highest BCUT2D eigenvalue weighted by Crippen LogP contribution is 2.19. The van der Waals surface area contributed by atoms with Crippen molar-refractivity contribution in [3.63, 3.8) is 0 Å². The van der Waals surface area contributed by atoms with E-state index >= 15 is 0 Å². The van der Waals surface area contributed by atoms with E-state index in [1.807, 2.05) is 7.05 Å². The minimum atomic E-state index is 0.250. The first-order valence-electron chi connectivity index (χ1n) is 6.43. The quantitative estimate of drug-likeness (QED) is 0.824. The summed E-state index contributed by atoms with van der Waals surface area (Å²) < 4.78 is 10.8. The molecule has 0 amide bonds. The molecule has 0 aromatic carbocycles. The second-order valence-electron chi connectivity index (χ2n) is 4.49. The number of anilines is 1. The third-order valence-corrected chi connectivity index (χ3v) is 3.10.